The highest BCUT2D eigenvalue weighted by atomic mass is 16.5. The van der Waals surface area contributed by atoms with Crippen LogP contribution in [-0.4, -0.2) is 28.9 Å². The minimum atomic E-state index is -0.356. The molecule has 6 nitrogen and oxygen atoms in total. The average molecular weight is 387 g/mol. The van der Waals surface area contributed by atoms with Gasteiger partial charge in [0.25, 0.3) is 11.8 Å². The molecule has 0 radical (unpaired) electrons. The lowest BCUT2D eigenvalue weighted by Crippen LogP contribution is -2.37. The maximum Gasteiger partial charge on any atom is 0.275 e. The number of hydrogen-bond donors (Lipinski definition) is 1. The lowest BCUT2D eigenvalue weighted by Gasteiger charge is -2.19. The molecule has 2 aromatic carbocycles. The second kappa shape index (κ2) is 7.05. The zero-order valence-electron chi connectivity index (χ0n) is 16.7. The number of para-hydroxylation sites is 1. The van der Waals surface area contributed by atoms with E-state index in [1.165, 1.54) is 0 Å². The molecule has 2 amide bonds. The number of aryl methyl sites for hydroxylation is 1. The fraction of sp³-hybridized carbons (Fsp3) is 0.174. The fourth-order valence-corrected chi connectivity index (χ4v) is 3.42. The van der Waals surface area contributed by atoms with E-state index in [4.69, 9.17) is 4.74 Å². The number of carbonyl (C=O) groups is 2. The number of hydrogen-bond acceptors (Lipinski definition) is 5. The summed E-state index contributed by atoms with van der Waals surface area (Å²) in [6.07, 6.45) is 0. The fourth-order valence-electron chi connectivity index (χ4n) is 3.42. The first-order valence-corrected chi connectivity index (χ1v) is 9.28. The van der Waals surface area contributed by atoms with Gasteiger partial charge in [-0.1, -0.05) is 30.3 Å². The average Bonchev–Trinajstić information content (AvgIpc) is 2.92. The van der Waals surface area contributed by atoms with Gasteiger partial charge in [0.05, 0.1) is 12.6 Å². The summed E-state index contributed by atoms with van der Waals surface area (Å²) in [7, 11) is 1.63. The van der Waals surface area contributed by atoms with Crippen molar-refractivity contribution in [3.05, 3.63) is 65.2 Å². The summed E-state index contributed by atoms with van der Waals surface area (Å²) < 4.78 is 5.26. The predicted octanol–water partition coefficient (Wildman–Crippen LogP) is 4.25. The van der Waals surface area contributed by atoms with Crippen LogP contribution in [0.4, 0.5) is 5.82 Å². The maximum atomic E-state index is 12.4. The standard InChI is InChI=1S/C23H21N3O3/c1-13-6-5-7-18-19(16-8-10-17(29-4)11-9-16)12-20(24-21(13)18)25-26-22(27)14(2)15(3)23(26)28/h5-12H,1-4H3,(H,24,25). The summed E-state index contributed by atoms with van der Waals surface area (Å²) >= 11 is 0. The number of methoxy groups -OCH3 is 1. The van der Waals surface area contributed by atoms with Crippen LogP contribution < -0.4 is 10.2 Å². The van der Waals surface area contributed by atoms with Crippen LogP contribution in [0.1, 0.15) is 19.4 Å². The van der Waals surface area contributed by atoms with Crippen molar-refractivity contribution >= 4 is 28.5 Å². The van der Waals surface area contributed by atoms with Gasteiger partial charge in [0.15, 0.2) is 0 Å². The SMILES string of the molecule is COc1ccc(-c2cc(NN3C(=O)C(C)=C(C)C3=O)nc3c(C)cccc23)cc1. The quantitative estimate of drug-likeness (QED) is 0.678. The molecule has 1 aromatic heterocycles. The number of ether oxygens (including phenoxy) is 1. The molecule has 0 saturated heterocycles. The first-order chi connectivity index (χ1) is 13.9. The number of nitrogens with one attached hydrogen (secondary N) is 1. The molecule has 3 aromatic rings. The largest absolute Gasteiger partial charge is 0.497 e. The number of nitrogens with zero attached hydrogens (tertiary/aromatic N) is 2. The summed E-state index contributed by atoms with van der Waals surface area (Å²) in [6.45, 7) is 5.29. The lowest BCUT2D eigenvalue weighted by molar-refractivity contribution is -0.135. The third-order valence-corrected chi connectivity index (χ3v) is 5.28. The first kappa shape index (κ1) is 18.7. The number of rotatable bonds is 4. The molecule has 0 spiro atoms. The van der Waals surface area contributed by atoms with E-state index in [1.807, 2.05) is 55.5 Å². The lowest BCUT2D eigenvalue weighted by atomic mass is 9.99. The Labute approximate surface area is 168 Å². The van der Waals surface area contributed by atoms with E-state index in [0.29, 0.717) is 17.0 Å². The molecule has 2 heterocycles. The summed E-state index contributed by atoms with van der Waals surface area (Å²) in [4.78, 5) is 29.5. The van der Waals surface area contributed by atoms with E-state index >= 15 is 0 Å². The minimum Gasteiger partial charge on any atom is -0.497 e. The van der Waals surface area contributed by atoms with Gasteiger partial charge in [0.2, 0.25) is 0 Å². The summed E-state index contributed by atoms with van der Waals surface area (Å²) in [5, 5.41) is 2.01. The molecule has 29 heavy (non-hydrogen) atoms. The molecule has 0 atom stereocenters. The number of amides is 2. The van der Waals surface area contributed by atoms with Crippen molar-refractivity contribution in [3.8, 4) is 16.9 Å². The van der Waals surface area contributed by atoms with Crippen LogP contribution in [0, 0.1) is 6.92 Å². The van der Waals surface area contributed by atoms with Crippen molar-refractivity contribution in [2.24, 2.45) is 0 Å². The molecule has 0 fully saturated rings. The zero-order chi connectivity index (χ0) is 20.7. The zero-order valence-corrected chi connectivity index (χ0v) is 16.7. The number of hydrazine groups is 1. The van der Waals surface area contributed by atoms with Crippen molar-refractivity contribution in [2.45, 2.75) is 20.8 Å². The van der Waals surface area contributed by atoms with Crippen molar-refractivity contribution in [2.75, 3.05) is 12.5 Å². The Morgan fingerprint density at radius 3 is 2.21 bits per heavy atom. The molecule has 6 heteroatoms. The van der Waals surface area contributed by atoms with Crippen molar-refractivity contribution in [1.29, 1.82) is 0 Å². The minimum absolute atomic E-state index is 0.356. The molecule has 0 aliphatic carbocycles. The van der Waals surface area contributed by atoms with E-state index in [2.05, 4.69) is 10.4 Å². The van der Waals surface area contributed by atoms with Gasteiger partial charge < -0.3 is 4.74 Å². The maximum absolute atomic E-state index is 12.4. The van der Waals surface area contributed by atoms with Crippen molar-refractivity contribution < 1.29 is 14.3 Å². The molecule has 1 N–H and O–H groups in total. The van der Waals surface area contributed by atoms with Gasteiger partial charge >= 0.3 is 0 Å². The number of aromatic nitrogens is 1. The number of pyridine rings is 1. The molecule has 0 unspecified atom stereocenters. The van der Waals surface area contributed by atoms with E-state index in [1.54, 1.807) is 21.0 Å². The van der Waals surface area contributed by atoms with E-state index < -0.39 is 0 Å². The molecule has 1 aliphatic heterocycles. The number of fused-ring (bicyclic) bond motifs is 1. The molecule has 0 saturated carbocycles. The molecule has 0 bridgehead atoms. The van der Waals surface area contributed by atoms with Crippen molar-refractivity contribution in [3.63, 3.8) is 0 Å². The summed E-state index contributed by atoms with van der Waals surface area (Å²) in [5.41, 5.74) is 7.53. The van der Waals surface area contributed by atoms with Crippen LogP contribution in [0.15, 0.2) is 59.7 Å². The topological polar surface area (TPSA) is 71.5 Å². The number of anilines is 1. The third-order valence-electron chi connectivity index (χ3n) is 5.28. The molecule has 4 rings (SSSR count). The molecular weight excluding hydrogens is 366 g/mol. The van der Waals surface area contributed by atoms with Gasteiger partial charge in [-0.3, -0.25) is 15.0 Å². The molecule has 1 aliphatic rings. The highest BCUT2D eigenvalue weighted by Crippen LogP contribution is 2.33. The highest BCUT2D eigenvalue weighted by Gasteiger charge is 2.34. The van der Waals surface area contributed by atoms with Gasteiger partial charge in [-0.15, -0.1) is 0 Å². The van der Waals surface area contributed by atoms with Crippen LogP contribution in [-0.2, 0) is 9.59 Å². The highest BCUT2D eigenvalue weighted by molar-refractivity contribution is 6.19. The number of carbonyl (C=O) groups excluding carboxylic acids is 2. The van der Waals surface area contributed by atoms with Crippen LogP contribution in [0.3, 0.4) is 0 Å². The van der Waals surface area contributed by atoms with Gasteiger partial charge in [-0.2, -0.15) is 5.01 Å². The normalized spacial score (nSPS) is 14.1. The Kier molecular flexibility index (Phi) is 4.54. The summed E-state index contributed by atoms with van der Waals surface area (Å²) in [5.74, 6) is 0.490. The smallest absolute Gasteiger partial charge is 0.275 e. The molecular formula is C23H21N3O3. The van der Waals surface area contributed by atoms with Crippen LogP contribution in [0.2, 0.25) is 0 Å². The van der Waals surface area contributed by atoms with Gasteiger partial charge in [-0.05, 0) is 55.7 Å². The number of benzene rings is 2. The Morgan fingerprint density at radius 2 is 1.59 bits per heavy atom. The number of imide groups is 1. The predicted molar refractivity (Wildman–Crippen MR) is 112 cm³/mol. The van der Waals surface area contributed by atoms with E-state index in [0.717, 1.165) is 38.4 Å². The monoisotopic (exact) mass is 387 g/mol. The van der Waals surface area contributed by atoms with E-state index in [9.17, 15) is 9.59 Å². The second-order valence-electron chi connectivity index (χ2n) is 7.06. The van der Waals surface area contributed by atoms with Gasteiger partial charge in [0.1, 0.15) is 11.6 Å². The Morgan fingerprint density at radius 1 is 0.931 bits per heavy atom. The van der Waals surface area contributed by atoms with E-state index in [-0.39, 0.29) is 11.8 Å². The Bertz CT molecular complexity index is 1160. The first-order valence-electron chi connectivity index (χ1n) is 9.28. The molecule has 146 valence electrons. The summed E-state index contributed by atoms with van der Waals surface area (Å²) in [6, 6.07) is 15.6. The van der Waals surface area contributed by atoms with Gasteiger partial charge in [-0.25, -0.2) is 4.98 Å². The van der Waals surface area contributed by atoms with Gasteiger partial charge in [0, 0.05) is 16.5 Å². The van der Waals surface area contributed by atoms with Crippen LogP contribution >= 0.6 is 0 Å². The Hall–Kier alpha value is -3.67. The van der Waals surface area contributed by atoms with Crippen LogP contribution in [0.25, 0.3) is 22.0 Å². The third kappa shape index (κ3) is 3.12. The van der Waals surface area contributed by atoms with Crippen LogP contribution in [0.5, 0.6) is 5.75 Å². The second-order valence-corrected chi connectivity index (χ2v) is 7.06. The van der Waals surface area contributed by atoms with Crippen molar-refractivity contribution in [1.82, 2.24) is 9.99 Å². The Balaban J connectivity index is 1.83.